The van der Waals surface area contributed by atoms with Gasteiger partial charge in [0.25, 0.3) is 0 Å². The largest absolute Gasteiger partial charge is 0.294 e. The maximum atomic E-state index is 13.1. The van der Waals surface area contributed by atoms with Gasteiger partial charge in [-0.25, -0.2) is 4.39 Å². The van der Waals surface area contributed by atoms with Gasteiger partial charge in [0.2, 0.25) is 0 Å². The molecule has 0 spiro atoms. The number of Topliss-reactive ketones (excluding diaryl/α,β-unsaturated/α-hetero) is 1. The Morgan fingerprint density at radius 3 is 2.73 bits per heavy atom. The van der Waals surface area contributed by atoms with Crippen molar-refractivity contribution < 1.29 is 9.18 Å². The lowest BCUT2D eigenvalue weighted by molar-refractivity contribution is 0.0960. The van der Waals surface area contributed by atoms with E-state index >= 15 is 0 Å². The predicted molar refractivity (Wildman–Crippen MR) is 57.4 cm³/mol. The zero-order valence-corrected chi connectivity index (χ0v) is 9.09. The first kappa shape index (κ1) is 10.3. The van der Waals surface area contributed by atoms with E-state index in [9.17, 15) is 9.18 Å². The summed E-state index contributed by atoms with van der Waals surface area (Å²) in [7, 11) is 0. The Hall–Kier alpha value is -1.18. The van der Waals surface area contributed by atoms with Gasteiger partial charge in [0.15, 0.2) is 5.78 Å². The molecule has 15 heavy (non-hydrogen) atoms. The summed E-state index contributed by atoms with van der Waals surface area (Å²) < 4.78 is 13.1. The van der Waals surface area contributed by atoms with E-state index in [1.807, 2.05) is 6.92 Å². The smallest absolute Gasteiger partial charge is 0.166 e. The number of benzene rings is 1. The maximum Gasteiger partial charge on any atom is 0.166 e. The van der Waals surface area contributed by atoms with Gasteiger partial charge in [-0.1, -0.05) is 13.3 Å². The van der Waals surface area contributed by atoms with Gasteiger partial charge in [-0.05, 0) is 43.0 Å². The Bertz CT molecular complexity index is 377. The van der Waals surface area contributed by atoms with Crippen LogP contribution in [0.2, 0.25) is 0 Å². The third-order valence-corrected chi connectivity index (χ3v) is 3.11. The van der Waals surface area contributed by atoms with Gasteiger partial charge in [0.05, 0.1) is 0 Å². The van der Waals surface area contributed by atoms with Crippen LogP contribution in [0.3, 0.4) is 0 Å². The highest BCUT2D eigenvalue weighted by atomic mass is 19.1. The van der Waals surface area contributed by atoms with Crippen LogP contribution in [-0.2, 0) is 0 Å². The number of rotatable bonds is 3. The molecule has 0 bridgehead atoms. The van der Waals surface area contributed by atoms with E-state index in [1.54, 1.807) is 6.07 Å². The molecule has 0 heterocycles. The molecule has 1 saturated carbocycles. The molecule has 1 aliphatic carbocycles. The molecular formula is C13H15FO. The van der Waals surface area contributed by atoms with Crippen LogP contribution in [0, 0.1) is 24.6 Å². The van der Waals surface area contributed by atoms with Crippen LogP contribution >= 0.6 is 0 Å². The monoisotopic (exact) mass is 206 g/mol. The molecule has 2 heteroatoms. The highest BCUT2D eigenvalue weighted by molar-refractivity contribution is 5.99. The van der Waals surface area contributed by atoms with Crippen molar-refractivity contribution in [2.24, 2.45) is 11.8 Å². The summed E-state index contributed by atoms with van der Waals surface area (Å²) in [5, 5.41) is 0. The molecule has 0 N–H and O–H groups in total. The van der Waals surface area contributed by atoms with Gasteiger partial charge in [-0.2, -0.15) is 0 Å². The van der Waals surface area contributed by atoms with Crippen molar-refractivity contribution in [2.75, 3.05) is 0 Å². The molecule has 1 aliphatic rings. The van der Waals surface area contributed by atoms with Crippen molar-refractivity contribution in [1.29, 1.82) is 0 Å². The molecule has 0 amide bonds. The molecule has 0 aromatic heterocycles. The van der Waals surface area contributed by atoms with Crippen LogP contribution in [-0.4, -0.2) is 5.78 Å². The van der Waals surface area contributed by atoms with Gasteiger partial charge in [0, 0.05) is 11.5 Å². The Labute approximate surface area is 89.3 Å². The molecule has 0 radical (unpaired) electrons. The van der Waals surface area contributed by atoms with Crippen LogP contribution in [0.5, 0.6) is 0 Å². The molecule has 1 aromatic carbocycles. The van der Waals surface area contributed by atoms with Gasteiger partial charge in [-0.3, -0.25) is 4.79 Å². The SMILES string of the molecule is CC[C@@H]1C[C@H]1C(=O)c1cc(C)cc(F)c1. The van der Waals surface area contributed by atoms with Gasteiger partial charge in [0.1, 0.15) is 5.82 Å². The standard InChI is InChI=1S/C13H15FO/c1-3-9-7-12(9)13(15)10-4-8(2)5-11(14)6-10/h4-6,9,12H,3,7H2,1-2H3/t9-,12-/m1/s1. The predicted octanol–water partition coefficient (Wildman–Crippen LogP) is 3.36. The van der Waals surface area contributed by atoms with Gasteiger partial charge < -0.3 is 0 Å². The molecule has 2 atom stereocenters. The summed E-state index contributed by atoms with van der Waals surface area (Å²) in [5.41, 5.74) is 1.35. The van der Waals surface area contributed by atoms with Crippen LogP contribution < -0.4 is 0 Å². The summed E-state index contributed by atoms with van der Waals surface area (Å²) in [4.78, 5) is 11.9. The van der Waals surface area contributed by atoms with Crippen molar-refractivity contribution in [3.63, 3.8) is 0 Å². The molecule has 0 aliphatic heterocycles. The first-order valence-electron chi connectivity index (χ1n) is 5.43. The van der Waals surface area contributed by atoms with Crippen molar-refractivity contribution in [2.45, 2.75) is 26.7 Å². The number of hydrogen-bond donors (Lipinski definition) is 0. The number of carbonyl (C=O) groups excluding carboxylic acids is 1. The highest BCUT2D eigenvalue weighted by Crippen LogP contribution is 2.43. The third-order valence-electron chi connectivity index (χ3n) is 3.11. The van der Waals surface area contributed by atoms with E-state index in [0.29, 0.717) is 11.5 Å². The molecule has 2 rings (SSSR count). The average Bonchev–Trinajstić information content (AvgIpc) is 2.94. The lowest BCUT2D eigenvalue weighted by Gasteiger charge is -2.02. The summed E-state index contributed by atoms with van der Waals surface area (Å²) in [6.45, 7) is 3.90. The number of halogens is 1. The first-order chi connectivity index (χ1) is 7.11. The topological polar surface area (TPSA) is 17.1 Å². The number of aryl methyl sites for hydroxylation is 1. The quantitative estimate of drug-likeness (QED) is 0.693. The van der Waals surface area contributed by atoms with E-state index in [4.69, 9.17) is 0 Å². The lowest BCUT2D eigenvalue weighted by Crippen LogP contribution is -2.04. The summed E-state index contributed by atoms with van der Waals surface area (Å²) >= 11 is 0. The van der Waals surface area contributed by atoms with Crippen molar-refractivity contribution in [3.8, 4) is 0 Å². The Morgan fingerprint density at radius 2 is 2.20 bits per heavy atom. The van der Waals surface area contributed by atoms with E-state index in [0.717, 1.165) is 18.4 Å². The van der Waals surface area contributed by atoms with Crippen molar-refractivity contribution >= 4 is 5.78 Å². The fourth-order valence-corrected chi connectivity index (χ4v) is 2.11. The second kappa shape index (κ2) is 3.76. The Balaban J connectivity index is 2.19. The summed E-state index contributed by atoms with van der Waals surface area (Å²) in [6.07, 6.45) is 2.02. The zero-order chi connectivity index (χ0) is 11.0. The minimum atomic E-state index is -0.313. The molecule has 0 saturated heterocycles. The highest BCUT2D eigenvalue weighted by Gasteiger charge is 2.41. The van der Waals surface area contributed by atoms with Crippen LogP contribution in [0.1, 0.15) is 35.7 Å². The van der Waals surface area contributed by atoms with Gasteiger partial charge >= 0.3 is 0 Å². The maximum absolute atomic E-state index is 13.1. The van der Waals surface area contributed by atoms with E-state index in [-0.39, 0.29) is 17.5 Å². The first-order valence-corrected chi connectivity index (χ1v) is 5.43. The lowest BCUT2D eigenvalue weighted by atomic mass is 10.0. The Morgan fingerprint density at radius 1 is 1.47 bits per heavy atom. The molecule has 80 valence electrons. The van der Waals surface area contributed by atoms with Crippen LogP contribution in [0.4, 0.5) is 4.39 Å². The second-order valence-electron chi connectivity index (χ2n) is 4.39. The van der Waals surface area contributed by atoms with Crippen molar-refractivity contribution in [1.82, 2.24) is 0 Å². The second-order valence-corrected chi connectivity index (χ2v) is 4.39. The zero-order valence-electron chi connectivity index (χ0n) is 9.09. The van der Waals surface area contributed by atoms with E-state index in [2.05, 4.69) is 6.92 Å². The molecule has 0 unspecified atom stereocenters. The third kappa shape index (κ3) is 2.09. The minimum absolute atomic E-state index is 0.115. The fraction of sp³-hybridized carbons (Fsp3) is 0.462. The van der Waals surface area contributed by atoms with Crippen LogP contribution in [0.25, 0.3) is 0 Å². The number of ketones is 1. The molecule has 1 fully saturated rings. The van der Waals surface area contributed by atoms with Crippen molar-refractivity contribution in [3.05, 3.63) is 35.1 Å². The van der Waals surface area contributed by atoms with E-state index in [1.165, 1.54) is 12.1 Å². The molecule has 1 nitrogen and oxygen atoms in total. The fourth-order valence-electron chi connectivity index (χ4n) is 2.11. The summed E-state index contributed by atoms with van der Waals surface area (Å²) in [5.74, 6) is 0.480. The summed E-state index contributed by atoms with van der Waals surface area (Å²) in [6, 6.07) is 4.57. The number of carbonyl (C=O) groups is 1. The van der Waals surface area contributed by atoms with E-state index < -0.39 is 0 Å². The molecule has 1 aromatic rings. The number of hydrogen-bond acceptors (Lipinski definition) is 1. The minimum Gasteiger partial charge on any atom is -0.294 e. The average molecular weight is 206 g/mol. The van der Waals surface area contributed by atoms with Gasteiger partial charge in [-0.15, -0.1) is 0 Å². The van der Waals surface area contributed by atoms with Crippen LogP contribution in [0.15, 0.2) is 18.2 Å². The molecular weight excluding hydrogens is 191 g/mol. The Kier molecular flexibility index (Phi) is 2.59. The normalized spacial score (nSPS) is 23.9.